The van der Waals surface area contributed by atoms with E-state index in [1.807, 2.05) is 17.6 Å². The van der Waals surface area contributed by atoms with Crippen molar-refractivity contribution in [3.63, 3.8) is 0 Å². The van der Waals surface area contributed by atoms with Crippen molar-refractivity contribution < 1.29 is 9.59 Å². The second kappa shape index (κ2) is 15.5. The maximum atomic E-state index is 13.3. The zero-order valence-electron chi connectivity index (χ0n) is 30.7. The first kappa shape index (κ1) is 35.5. The van der Waals surface area contributed by atoms with E-state index in [4.69, 9.17) is 4.98 Å². The Bertz CT molecular complexity index is 2300. The van der Waals surface area contributed by atoms with Gasteiger partial charge in [0.1, 0.15) is 0 Å². The summed E-state index contributed by atoms with van der Waals surface area (Å²) in [5.74, 6) is -0.0640. The minimum Gasteiger partial charge on any atom is -0.355 e. The lowest BCUT2D eigenvalue weighted by Crippen LogP contribution is -2.29. The van der Waals surface area contributed by atoms with Crippen LogP contribution in [-0.4, -0.2) is 71.4 Å². The van der Waals surface area contributed by atoms with Crippen molar-refractivity contribution in [2.45, 2.75) is 58.0 Å². The molecule has 8 nitrogen and oxygen atoms in total. The minimum absolute atomic E-state index is 0.0273. The van der Waals surface area contributed by atoms with Crippen LogP contribution in [0.3, 0.4) is 0 Å². The predicted octanol–water partition coefficient (Wildman–Crippen LogP) is 7.56. The molecular formula is C43H46N6O2S2. The van der Waals surface area contributed by atoms with Crippen LogP contribution >= 0.6 is 22.7 Å². The zero-order valence-corrected chi connectivity index (χ0v) is 32.3. The van der Waals surface area contributed by atoms with Gasteiger partial charge in [-0.3, -0.25) is 19.4 Å². The molecule has 272 valence electrons. The number of thiazole rings is 2. The summed E-state index contributed by atoms with van der Waals surface area (Å²) in [6.45, 7) is 8.98. The summed E-state index contributed by atoms with van der Waals surface area (Å²) in [4.78, 5) is 40.0. The van der Waals surface area contributed by atoms with E-state index >= 15 is 0 Å². The lowest BCUT2D eigenvalue weighted by atomic mass is 10.00. The molecule has 0 spiro atoms. The third-order valence-electron chi connectivity index (χ3n) is 11.3. The molecular weight excluding hydrogens is 697 g/mol. The molecule has 4 aromatic carbocycles. The van der Waals surface area contributed by atoms with Gasteiger partial charge >= 0.3 is 0 Å². The first-order valence-corrected chi connectivity index (χ1v) is 20.5. The smallest absolute Gasteiger partial charge is 0.251 e. The number of carbonyl (C=O) groups is 2. The lowest BCUT2D eigenvalue weighted by molar-refractivity contribution is 0.0949. The highest BCUT2D eigenvalue weighted by atomic mass is 32.1. The topological polar surface area (TPSA) is 90.5 Å². The molecule has 8 rings (SSSR count). The van der Waals surface area contributed by atoms with Crippen molar-refractivity contribution in [1.29, 1.82) is 0 Å². The minimum atomic E-state index is -0.0367. The van der Waals surface area contributed by atoms with Crippen molar-refractivity contribution in [3.05, 3.63) is 128 Å². The SMILES string of the molecule is CNC(=O)c1ccc2c(c1)CCN([C@H](C)c1ccc3sc(CCNC(=O)c4ccc5c(c4)CCN([C@@H](C)c4ccc6scnc6c4)CC5)nc3c1)CC2. The van der Waals surface area contributed by atoms with Crippen molar-refractivity contribution in [2.75, 3.05) is 39.8 Å². The molecule has 53 heavy (non-hydrogen) atoms. The lowest BCUT2D eigenvalue weighted by Gasteiger charge is -2.28. The number of hydrogen-bond acceptors (Lipinski definition) is 8. The highest BCUT2D eigenvalue weighted by Crippen LogP contribution is 2.31. The number of amides is 2. The van der Waals surface area contributed by atoms with E-state index in [9.17, 15) is 9.59 Å². The average Bonchev–Trinajstić information content (AvgIpc) is 3.70. The summed E-state index contributed by atoms with van der Waals surface area (Å²) in [6, 6.07) is 26.2. The van der Waals surface area contributed by atoms with Gasteiger partial charge in [-0.1, -0.05) is 24.3 Å². The molecule has 10 heteroatoms. The molecule has 0 fully saturated rings. The van der Waals surface area contributed by atoms with Gasteiger partial charge in [0.15, 0.2) is 0 Å². The van der Waals surface area contributed by atoms with Crippen LogP contribution in [-0.2, 0) is 32.1 Å². The monoisotopic (exact) mass is 742 g/mol. The van der Waals surface area contributed by atoms with Gasteiger partial charge in [0.2, 0.25) is 0 Å². The fourth-order valence-corrected chi connectivity index (χ4v) is 9.59. The average molecular weight is 743 g/mol. The summed E-state index contributed by atoms with van der Waals surface area (Å²) in [5, 5.41) is 6.93. The molecule has 2 N–H and O–H groups in total. The Hall–Kier alpha value is -4.48. The maximum Gasteiger partial charge on any atom is 0.251 e. The quantitative estimate of drug-likeness (QED) is 0.159. The Morgan fingerprint density at radius 3 is 1.89 bits per heavy atom. The molecule has 6 aromatic rings. The van der Waals surface area contributed by atoms with E-state index in [1.165, 1.54) is 42.8 Å². The van der Waals surface area contributed by atoms with E-state index < -0.39 is 0 Å². The molecule has 0 unspecified atom stereocenters. The van der Waals surface area contributed by atoms with Gasteiger partial charge in [-0.05, 0) is 121 Å². The van der Waals surface area contributed by atoms with Crippen LogP contribution in [0, 0.1) is 0 Å². The normalized spacial score (nSPS) is 16.4. The van der Waals surface area contributed by atoms with E-state index in [1.54, 1.807) is 29.7 Å². The number of nitrogens with zero attached hydrogens (tertiary/aromatic N) is 4. The Labute approximate surface area is 319 Å². The summed E-state index contributed by atoms with van der Waals surface area (Å²) in [5.41, 5.74) is 13.3. The Morgan fingerprint density at radius 1 is 0.698 bits per heavy atom. The molecule has 2 atom stereocenters. The number of benzene rings is 4. The highest BCUT2D eigenvalue weighted by molar-refractivity contribution is 7.18. The summed E-state index contributed by atoms with van der Waals surface area (Å²) >= 11 is 3.39. The van der Waals surface area contributed by atoms with E-state index in [-0.39, 0.29) is 17.9 Å². The fourth-order valence-electron chi connectivity index (χ4n) is 7.99. The van der Waals surface area contributed by atoms with Crippen molar-refractivity contribution in [1.82, 2.24) is 30.4 Å². The van der Waals surface area contributed by atoms with Gasteiger partial charge in [-0.15, -0.1) is 22.7 Å². The zero-order chi connectivity index (χ0) is 36.5. The largest absolute Gasteiger partial charge is 0.355 e. The number of fused-ring (bicyclic) bond motifs is 4. The van der Waals surface area contributed by atoms with E-state index in [2.05, 4.69) is 99.9 Å². The van der Waals surface area contributed by atoms with Crippen molar-refractivity contribution in [2.24, 2.45) is 0 Å². The first-order chi connectivity index (χ1) is 25.8. The second-order valence-corrected chi connectivity index (χ2v) is 16.4. The molecule has 2 aliphatic rings. The van der Waals surface area contributed by atoms with Gasteiger partial charge in [0.05, 0.1) is 31.0 Å². The van der Waals surface area contributed by atoms with Gasteiger partial charge in [0, 0.05) is 69.4 Å². The number of carbonyl (C=O) groups excluding carboxylic acids is 2. The number of nitrogens with one attached hydrogen (secondary N) is 2. The van der Waals surface area contributed by atoms with Crippen LogP contribution in [0.25, 0.3) is 20.4 Å². The predicted molar refractivity (Wildman–Crippen MR) is 216 cm³/mol. The number of aromatic nitrogens is 2. The van der Waals surface area contributed by atoms with Gasteiger partial charge in [-0.2, -0.15) is 0 Å². The molecule has 2 aliphatic heterocycles. The molecule has 2 aromatic heterocycles. The molecule has 4 heterocycles. The molecule has 0 saturated heterocycles. The third kappa shape index (κ3) is 7.64. The van der Waals surface area contributed by atoms with Crippen LogP contribution in [0.1, 0.15) is 85.0 Å². The van der Waals surface area contributed by atoms with E-state index in [0.29, 0.717) is 19.0 Å². The standard InChI is InChI=1S/C43H46N6O2S2/c1-27(31-8-10-39-37(24-31)46-26-52-39)48-18-14-30-5-7-36(23-34(30)16-21-48)43(51)45-17-12-41-47-38-25-32(9-11-40(38)53-41)28(2)49-19-13-29-4-6-35(42(50)44-3)22-33(29)15-20-49/h4-11,22-28H,12-21H2,1-3H3,(H,44,50)(H,45,51)/t27-,28+/m0/s1. The van der Waals surface area contributed by atoms with Crippen LogP contribution in [0.4, 0.5) is 0 Å². The van der Waals surface area contributed by atoms with Crippen LogP contribution in [0.5, 0.6) is 0 Å². The molecule has 0 saturated carbocycles. The third-order valence-corrected chi connectivity index (χ3v) is 13.2. The Balaban J connectivity index is 0.849. The number of rotatable bonds is 9. The Morgan fingerprint density at radius 2 is 1.26 bits per heavy atom. The Kier molecular flexibility index (Phi) is 10.4. The second-order valence-electron chi connectivity index (χ2n) is 14.4. The maximum absolute atomic E-state index is 13.3. The van der Waals surface area contributed by atoms with Crippen LogP contribution in [0.15, 0.2) is 78.3 Å². The van der Waals surface area contributed by atoms with Gasteiger partial charge in [0.25, 0.3) is 11.8 Å². The van der Waals surface area contributed by atoms with Crippen LogP contribution < -0.4 is 10.6 Å². The first-order valence-electron chi connectivity index (χ1n) is 18.8. The molecule has 2 amide bonds. The summed E-state index contributed by atoms with van der Waals surface area (Å²) < 4.78 is 2.40. The fraction of sp³-hybridized carbons (Fsp3) is 0.349. The van der Waals surface area contributed by atoms with Gasteiger partial charge < -0.3 is 10.6 Å². The van der Waals surface area contributed by atoms with Crippen molar-refractivity contribution >= 4 is 54.9 Å². The molecule has 0 aliphatic carbocycles. The molecule has 0 bridgehead atoms. The van der Waals surface area contributed by atoms with Gasteiger partial charge in [-0.25, -0.2) is 9.97 Å². The van der Waals surface area contributed by atoms with Crippen LogP contribution in [0.2, 0.25) is 0 Å². The summed E-state index contributed by atoms with van der Waals surface area (Å²) in [6.07, 6.45) is 4.50. The van der Waals surface area contributed by atoms with Crippen molar-refractivity contribution in [3.8, 4) is 0 Å². The highest BCUT2D eigenvalue weighted by Gasteiger charge is 2.23. The van der Waals surface area contributed by atoms with E-state index in [0.717, 1.165) is 79.0 Å². The summed E-state index contributed by atoms with van der Waals surface area (Å²) in [7, 11) is 1.68. The molecule has 0 radical (unpaired) electrons. The number of hydrogen-bond donors (Lipinski definition) is 2.